The van der Waals surface area contributed by atoms with Gasteiger partial charge in [0.2, 0.25) is 10.4 Å². The van der Waals surface area contributed by atoms with Crippen LogP contribution in [0.2, 0.25) is 0 Å². The minimum Gasteiger partial charge on any atom is -0.724 e. The van der Waals surface area contributed by atoms with Gasteiger partial charge in [-0.2, -0.15) is 0 Å². The molecule has 0 aliphatic rings. The van der Waals surface area contributed by atoms with E-state index < -0.39 is 10.4 Å². The normalized spacial score (nSPS) is 9.71. The zero-order valence-electron chi connectivity index (χ0n) is 8.98. The maximum Gasteiger partial charge on any atom is 1.00 e. The van der Waals surface area contributed by atoms with Crippen molar-refractivity contribution in [1.29, 1.82) is 0 Å². The van der Waals surface area contributed by atoms with Crippen molar-refractivity contribution >= 4 is 10.4 Å². The van der Waals surface area contributed by atoms with E-state index in [1.807, 2.05) is 13.8 Å². The predicted molar refractivity (Wildman–Crippen MR) is 44.6 cm³/mol. The van der Waals surface area contributed by atoms with Crippen LogP contribution in [0.25, 0.3) is 0 Å². The molecule has 0 aromatic heterocycles. The van der Waals surface area contributed by atoms with Gasteiger partial charge in [-0.25, -0.2) is 13.3 Å². The zero-order valence-corrected chi connectivity index (χ0v) is 11.8. The molecule has 0 unspecified atom stereocenters. The smallest absolute Gasteiger partial charge is 0.724 e. The molecule has 0 spiro atoms. The molecule has 0 aromatic rings. The molecule has 14 heavy (non-hydrogen) atoms. The van der Waals surface area contributed by atoms with Crippen molar-refractivity contribution in [1.82, 2.24) is 0 Å². The van der Waals surface area contributed by atoms with Gasteiger partial charge in [-0.05, 0) is 20.8 Å². The first-order valence-corrected chi connectivity index (χ1v) is 5.15. The van der Waals surface area contributed by atoms with E-state index in [1.54, 1.807) is 0 Å². The minimum absolute atomic E-state index is 0. The molecule has 6 nitrogen and oxygen atoms in total. The molecule has 0 saturated carbocycles. The van der Waals surface area contributed by atoms with Gasteiger partial charge < -0.3 is 9.29 Å². The van der Waals surface area contributed by atoms with E-state index in [0.717, 1.165) is 13.2 Å². The number of hydrogen-bond acceptors (Lipinski definition) is 6. The molecule has 0 aliphatic carbocycles. The van der Waals surface area contributed by atoms with Crippen LogP contribution in [0.5, 0.6) is 0 Å². The van der Waals surface area contributed by atoms with Crippen LogP contribution >= 0.6 is 0 Å². The SMILES string of the molecule is CCOCC.CCOOS(=O)(=O)[O-].[Na+]. The second kappa shape index (κ2) is 13.8. The molecule has 0 amide bonds. The molecule has 0 aromatic carbocycles. The number of ether oxygens (including phenoxy) is 1. The summed E-state index contributed by atoms with van der Waals surface area (Å²) in [7, 11) is -4.66. The van der Waals surface area contributed by atoms with Crippen molar-refractivity contribution in [3.8, 4) is 0 Å². The molecule has 0 rings (SSSR count). The van der Waals surface area contributed by atoms with E-state index in [0.29, 0.717) is 0 Å². The molecule has 82 valence electrons. The van der Waals surface area contributed by atoms with E-state index in [9.17, 15) is 13.0 Å². The van der Waals surface area contributed by atoms with Gasteiger partial charge in [0, 0.05) is 13.2 Å². The Morgan fingerprint density at radius 1 is 1.07 bits per heavy atom. The summed E-state index contributed by atoms with van der Waals surface area (Å²) in [6.07, 6.45) is 0. The summed E-state index contributed by atoms with van der Waals surface area (Å²) < 4.78 is 36.6. The predicted octanol–water partition coefficient (Wildman–Crippen LogP) is -2.54. The van der Waals surface area contributed by atoms with Gasteiger partial charge in [0.25, 0.3) is 0 Å². The summed E-state index contributed by atoms with van der Waals surface area (Å²) in [5.41, 5.74) is 0. The van der Waals surface area contributed by atoms with E-state index in [-0.39, 0.29) is 36.2 Å². The summed E-state index contributed by atoms with van der Waals surface area (Å²) >= 11 is 0. The van der Waals surface area contributed by atoms with Crippen LogP contribution in [0, 0.1) is 0 Å². The average Bonchev–Trinajstić information content (AvgIpc) is 2.02. The van der Waals surface area contributed by atoms with Crippen LogP contribution in [-0.4, -0.2) is 32.8 Å². The summed E-state index contributed by atoms with van der Waals surface area (Å²) in [4.78, 5) is 3.80. The Morgan fingerprint density at radius 3 is 1.57 bits per heavy atom. The molecule has 0 radical (unpaired) electrons. The monoisotopic (exact) mass is 238 g/mol. The second-order valence-electron chi connectivity index (χ2n) is 1.66. The van der Waals surface area contributed by atoms with Gasteiger partial charge in [0.1, 0.15) is 0 Å². The standard InChI is InChI=1S/C4H10O.C2H6O5S.Na/c1-3-5-4-2;1-2-6-7-8(3,4)5;/h3-4H2,1-2H3;2H2,1H3,(H,3,4,5);/q;;+1/p-1. The van der Waals surface area contributed by atoms with E-state index >= 15 is 0 Å². The van der Waals surface area contributed by atoms with Crippen LogP contribution in [0.1, 0.15) is 20.8 Å². The summed E-state index contributed by atoms with van der Waals surface area (Å²) in [5, 5.41) is 0. The van der Waals surface area contributed by atoms with Gasteiger partial charge in [0.15, 0.2) is 0 Å². The number of hydrogen-bond donors (Lipinski definition) is 0. The van der Waals surface area contributed by atoms with Crippen LogP contribution in [-0.2, 0) is 24.4 Å². The minimum atomic E-state index is -4.66. The van der Waals surface area contributed by atoms with Gasteiger partial charge >= 0.3 is 29.6 Å². The molecular weight excluding hydrogens is 223 g/mol. The van der Waals surface area contributed by atoms with Crippen molar-refractivity contribution < 1.29 is 56.5 Å². The Morgan fingerprint density at radius 2 is 1.50 bits per heavy atom. The van der Waals surface area contributed by atoms with Gasteiger partial charge in [-0.3, -0.25) is 0 Å². The van der Waals surface area contributed by atoms with Crippen molar-refractivity contribution in [3.63, 3.8) is 0 Å². The fourth-order valence-electron chi connectivity index (χ4n) is 0.311. The zero-order chi connectivity index (χ0) is 10.7. The number of rotatable bonds is 5. The van der Waals surface area contributed by atoms with Crippen LogP contribution in [0.3, 0.4) is 0 Å². The van der Waals surface area contributed by atoms with E-state index in [1.165, 1.54) is 6.92 Å². The first-order chi connectivity index (χ1) is 5.97. The van der Waals surface area contributed by atoms with Gasteiger partial charge in [0.05, 0.1) is 6.61 Å². The Balaban J connectivity index is -0.000000177. The molecule has 0 fully saturated rings. The Kier molecular flexibility index (Phi) is 19.9. The molecule has 0 N–H and O–H groups in total. The van der Waals surface area contributed by atoms with E-state index in [2.05, 4.69) is 9.22 Å². The molecule has 0 heterocycles. The topological polar surface area (TPSA) is 84.9 Å². The van der Waals surface area contributed by atoms with Crippen LogP contribution < -0.4 is 29.6 Å². The molecule has 0 bridgehead atoms. The van der Waals surface area contributed by atoms with Crippen molar-refractivity contribution in [2.75, 3.05) is 19.8 Å². The van der Waals surface area contributed by atoms with E-state index in [4.69, 9.17) is 4.74 Å². The molecule has 0 saturated heterocycles. The maximum absolute atomic E-state index is 9.49. The van der Waals surface area contributed by atoms with Crippen molar-refractivity contribution in [2.24, 2.45) is 0 Å². The first-order valence-electron chi connectivity index (χ1n) is 3.82. The summed E-state index contributed by atoms with van der Waals surface area (Å²) in [5.74, 6) is 0. The fraction of sp³-hybridized carbons (Fsp3) is 1.00. The van der Waals surface area contributed by atoms with Gasteiger partial charge in [-0.1, -0.05) is 0 Å². The molecule has 8 heteroatoms. The molecule has 0 atom stereocenters. The summed E-state index contributed by atoms with van der Waals surface area (Å²) in [6, 6.07) is 0. The Hall–Kier alpha value is 0.790. The quantitative estimate of drug-likeness (QED) is 0.172. The average molecular weight is 238 g/mol. The molecular formula is C6H15NaO6S. The Labute approximate surface area is 107 Å². The summed E-state index contributed by atoms with van der Waals surface area (Å²) in [6.45, 7) is 7.19. The largest absolute Gasteiger partial charge is 1.00 e. The molecule has 0 aliphatic heterocycles. The van der Waals surface area contributed by atoms with Gasteiger partial charge in [-0.15, -0.1) is 4.33 Å². The fourth-order valence-corrected chi connectivity index (χ4v) is 0.525. The first kappa shape index (κ1) is 20.2. The second-order valence-corrected chi connectivity index (χ2v) is 2.62. The maximum atomic E-state index is 9.49. The van der Waals surface area contributed by atoms with Crippen LogP contribution in [0.4, 0.5) is 0 Å². The van der Waals surface area contributed by atoms with Crippen molar-refractivity contribution in [2.45, 2.75) is 20.8 Å². The third-order valence-electron chi connectivity index (χ3n) is 0.658. The van der Waals surface area contributed by atoms with Crippen LogP contribution in [0.15, 0.2) is 0 Å². The third kappa shape index (κ3) is 29.3. The third-order valence-corrected chi connectivity index (χ3v) is 0.920. The van der Waals surface area contributed by atoms with Crippen molar-refractivity contribution in [3.05, 3.63) is 0 Å². The Bertz CT molecular complexity index is 179.